The van der Waals surface area contributed by atoms with Gasteiger partial charge in [0.1, 0.15) is 5.75 Å². The highest BCUT2D eigenvalue weighted by molar-refractivity contribution is 5.98. The number of rotatable bonds is 5. The number of carbonyl (C=O) groups excluding carboxylic acids is 1. The predicted molar refractivity (Wildman–Crippen MR) is 80.9 cm³/mol. The highest BCUT2D eigenvalue weighted by Crippen LogP contribution is 2.11. The zero-order chi connectivity index (χ0) is 15.9. The van der Waals surface area contributed by atoms with Crippen molar-refractivity contribution in [3.63, 3.8) is 0 Å². The maximum Gasteiger partial charge on any atom is 0.336 e. The fourth-order valence-corrected chi connectivity index (χ4v) is 1.87. The van der Waals surface area contributed by atoms with Gasteiger partial charge in [-0.25, -0.2) is 10.2 Å². The van der Waals surface area contributed by atoms with Crippen molar-refractivity contribution in [2.75, 3.05) is 0 Å². The van der Waals surface area contributed by atoms with Crippen LogP contribution in [0.1, 0.15) is 21.5 Å². The monoisotopic (exact) mass is 298 g/mol. The summed E-state index contributed by atoms with van der Waals surface area (Å²) < 4.78 is 0. The number of phenolic OH excluding ortho intramolecular Hbond substituents is 1. The molecule has 0 saturated carbocycles. The summed E-state index contributed by atoms with van der Waals surface area (Å²) in [5, 5.41) is 22.1. The summed E-state index contributed by atoms with van der Waals surface area (Å²) in [7, 11) is 0. The molecule has 112 valence electrons. The highest BCUT2D eigenvalue weighted by Gasteiger charge is 2.07. The smallest absolute Gasteiger partial charge is 0.336 e. The van der Waals surface area contributed by atoms with Gasteiger partial charge >= 0.3 is 5.97 Å². The molecule has 0 spiro atoms. The number of aromatic carboxylic acids is 1. The first-order chi connectivity index (χ1) is 10.6. The van der Waals surface area contributed by atoms with Gasteiger partial charge in [-0.2, -0.15) is 5.10 Å². The molecule has 0 aromatic heterocycles. The minimum absolute atomic E-state index is 0.0618. The van der Waals surface area contributed by atoms with Gasteiger partial charge < -0.3 is 10.2 Å². The number of nitrogens with one attached hydrogen (secondary N) is 1. The fourth-order valence-electron chi connectivity index (χ4n) is 1.87. The minimum Gasteiger partial charge on any atom is -0.508 e. The number of amides is 1. The van der Waals surface area contributed by atoms with E-state index in [0.29, 0.717) is 11.1 Å². The molecule has 3 N–H and O–H groups in total. The van der Waals surface area contributed by atoms with E-state index in [2.05, 4.69) is 10.5 Å². The lowest BCUT2D eigenvalue weighted by Crippen LogP contribution is -2.19. The van der Waals surface area contributed by atoms with Gasteiger partial charge in [-0.15, -0.1) is 0 Å². The van der Waals surface area contributed by atoms with E-state index in [1.165, 1.54) is 24.4 Å². The molecule has 0 radical (unpaired) electrons. The molecule has 6 nitrogen and oxygen atoms in total. The Labute approximate surface area is 126 Å². The molecule has 0 atom stereocenters. The number of nitrogens with zero attached hydrogens (tertiary/aromatic N) is 1. The van der Waals surface area contributed by atoms with Crippen LogP contribution in [0.25, 0.3) is 0 Å². The van der Waals surface area contributed by atoms with Crippen LogP contribution in [-0.2, 0) is 11.2 Å². The average molecular weight is 298 g/mol. The molecule has 0 aliphatic carbocycles. The number of carboxylic acids is 1. The molecule has 2 rings (SSSR count). The SMILES string of the molecule is O=C(Cc1cccc(O)c1)NN=Cc1ccccc1C(=O)O. The maximum atomic E-state index is 11.7. The minimum atomic E-state index is -1.06. The standard InChI is InChI=1S/C16H14N2O4/c19-13-6-3-4-11(8-13)9-15(20)18-17-10-12-5-1-2-7-14(12)16(21)22/h1-8,10,19H,9H2,(H,18,20)(H,21,22). The van der Waals surface area contributed by atoms with Gasteiger partial charge in [0.25, 0.3) is 0 Å². The van der Waals surface area contributed by atoms with Crippen LogP contribution in [0.3, 0.4) is 0 Å². The second-order valence-electron chi connectivity index (χ2n) is 4.53. The van der Waals surface area contributed by atoms with Crippen LogP contribution in [0.4, 0.5) is 0 Å². The summed E-state index contributed by atoms with van der Waals surface area (Å²) in [5.41, 5.74) is 3.47. The van der Waals surface area contributed by atoms with Gasteiger partial charge in [-0.05, 0) is 23.8 Å². The Morgan fingerprint density at radius 2 is 1.91 bits per heavy atom. The van der Waals surface area contributed by atoms with Gasteiger partial charge in [0, 0.05) is 5.56 Å². The van der Waals surface area contributed by atoms with Crippen molar-refractivity contribution in [1.82, 2.24) is 5.43 Å². The molecule has 2 aromatic carbocycles. The van der Waals surface area contributed by atoms with Crippen molar-refractivity contribution < 1.29 is 19.8 Å². The average Bonchev–Trinajstić information content (AvgIpc) is 2.47. The molecule has 0 heterocycles. The molecular weight excluding hydrogens is 284 g/mol. The quantitative estimate of drug-likeness (QED) is 0.579. The van der Waals surface area contributed by atoms with Gasteiger partial charge in [-0.1, -0.05) is 30.3 Å². The first-order valence-electron chi connectivity index (χ1n) is 6.48. The third-order valence-corrected chi connectivity index (χ3v) is 2.86. The summed E-state index contributed by atoms with van der Waals surface area (Å²) in [6.45, 7) is 0. The summed E-state index contributed by atoms with van der Waals surface area (Å²) >= 11 is 0. The van der Waals surface area contributed by atoms with Gasteiger partial charge in [0.2, 0.25) is 5.91 Å². The molecule has 1 amide bonds. The fraction of sp³-hybridized carbons (Fsp3) is 0.0625. The first-order valence-corrected chi connectivity index (χ1v) is 6.48. The largest absolute Gasteiger partial charge is 0.508 e. The van der Waals surface area contributed by atoms with Crippen molar-refractivity contribution in [3.05, 3.63) is 65.2 Å². The Kier molecular flexibility index (Phi) is 4.87. The van der Waals surface area contributed by atoms with E-state index in [-0.39, 0.29) is 23.6 Å². The third-order valence-electron chi connectivity index (χ3n) is 2.86. The lowest BCUT2D eigenvalue weighted by Gasteiger charge is -2.02. The third kappa shape index (κ3) is 4.17. The summed E-state index contributed by atoms with van der Waals surface area (Å²) in [5.74, 6) is -1.34. The van der Waals surface area contributed by atoms with E-state index in [1.807, 2.05) is 0 Å². The van der Waals surface area contributed by atoms with Crippen LogP contribution in [-0.4, -0.2) is 28.3 Å². The second-order valence-corrected chi connectivity index (χ2v) is 4.53. The summed E-state index contributed by atoms with van der Waals surface area (Å²) in [4.78, 5) is 22.7. The summed E-state index contributed by atoms with van der Waals surface area (Å²) in [6, 6.07) is 12.7. The molecule has 22 heavy (non-hydrogen) atoms. The zero-order valence-electron chi connectivity index (χ0n) is 11.6. The summed E-state index contributed by atoms with van der Waals surface area (Å²) in [6.07, 6.45) is 1.34. The normalized spacial score (nSPS) is 10.5. The molecular formula is C16H14N2O4. The van der Waals surface area contributed by atoms with E-state index in [9.17, 15) is 14.7 Å². The molecule has 0 bridgehead atoms. The molecule has 2 aromatic rings. The lowest BCUT2D eigenvalue weighted by molar-refractivity contribution is -0.120. The van der Waals surface area contributed by atoms with Crippen molar-refractivity contribution in [2.24, 2.45) is 5.10 Å². The zero-order valence-corrected chi connectivity index (χ0v) is 11.6. The number of hydrogen-bond acceptors (Lipinski definition) is 4. The van der Waals surface area contributed by atoms with Crippen LogP contribution in [0.5, 0.6) is 5.75 Å². The molecule has 0 unspecified atom stereocenters. The Morgan fingerprint density at radius 1 is 1.14 bits per heavy atom. The van der Waals surface area contributed by atoms with Crippen LogP contribution in [0.2, 0.25) is 0 Å². The number of hydrogen-bond donors (Lipinski definition) is 3. The van der Waals surface area contributed by atoms with Gasteiger partial charge in [-0.3, -0.25) is 4.79 Å². The van der Waals surface area contributed by atoms with Crippen molar-refractivity contribution in [3.8, 4) is 5.75 Å². The highest BCUT2D eigenvalue weighted by atomic mass is 16.4. The number of benzene rings is 2. The van der Waals surface area contributed by atoms with Crippen LogP contribution in [0, 0.1) is 0 Å². The number of hydrazone groups is 1. The maximum absolute atomic E-state index is 11.7. The lowest BCUT2D eigenvalue weighted by atomic mass is 10.1. The molecule has 0 aliphatic rings. The van der Waals surface area contributed by atoms with E-state index in [4.69, 9.17) is 5.11 Å². The first kappa shape index (κ1) is 15.2. The van der Waals surface area contributed by atoms with E-state index >= 15 is 0 Å². The number of carboxylic acid groups (broad SMARTS) is 1. The van der Waals surface area contributed by atoms with Crippen LogP contribution < -0.4 is 5.43 Å². The Bertz CT molecular complexity index is 726. The van der Waals surface area contributed by atoms with E-state index < -0.39 is 5.97 Å². The Morgan fingerprint density at radius 3 is 2.64 bits per heavy atom. The van der Waals surface area contributed by atoms with Crippen LogP contribution in [0.15, 0.2) is 53.6 Å². The van der Waals surface area contributed by atoms with Gasteiger partial charge in [0.05, 0.1) is 18.2 Å². The van der Waals surface area contributed by atoms with E-state index in [0.717, 1.165) is 0 Å². The van der Waals surface area contributed by atoms with Gasteiger partial charge in [0.15, 0.2) is 0 Å². The van der Waals surface area contributed by atoms with Crippen molar-refractivity contribution in [1.29, 1.82) is 0 Å². The molecule has 0 aliphatic heterocycles. The Hall–Kier alpha value is -3.15. The molecule has 0 saturated heterocycles. The number of aromatic hydroxyl groups is 1. The van der Waals surface area contributed by atoms with Crippen molar-refractivity contribution >= 4 is 18.1 Å². The molecule has 0 fully saturated rings. The Balaban J connectivity index is 1.98. The number of phenols is 1. The van der Waals surface area contributed by atoms with Crippen molar-refractivity contribution in [2.45, 2.75) is 6.42 Å². The van der Waals surface area contributed by atoms with Crippen LogP contribution >= 0.6 is 0 Å². The number of carbonyl (C=O) groups is 2. The molecule has 6 heteroatoms. The second kappa shape index (κ2) is 7.03. The topological polar surface area (TPSA) is 99.0 Å². The predicted octanol–water partition coefficient (Wildman–Crippen LogP) is 1.78. The van der Waals surface area contributed by atoms with E-state index in [1.54, 1.807) is 30.3 Å².